The van der Waals surface area contributed by atoms with Gasteiger partial charge in [-0.05, 0) is 12.6 Å². The SMILES string of the molecule is CNCC(c1ccccc1)N1CCSC(C)C1. The van der Waals surface area contributed by atoms with Crippen molar-refractivity contribution >= 4 is 11.8 Å². The van der Waals surface area contributed by atoms with Crippen molar-refractivity contribution in [3.63, 3.8) is 0 Å². The Morgan fingerprint density at radius 1 is 1.41 bits per heavy atom. The molecule has 1 aromatic carbocycles. The van der Waals surface area contributed by atoms with Crippen LogP contribution in [-0.2, 0) is 0 Å². The second-order valence-electron chi connectivity index (χ2n) is 4.66. The normalized spacial score (nSPS) is 23.5. The lowest BCUT2D eigenvalue weighted by molar-refractivity contribution is 0.204. The van der Waals surface area contributed by atoms with Gasteiger partial charge in [0.25, 0.3) is 0 Å². The van der Waals surface area contributed by atoms with Gasteiger partial charge in [0.2, 0.25) is 0 Å². The maximum absolute atomic E-state index is 3.33. The Hall–Kier alpha value is -0.510. The van der Waals surface area contributed by atoms with Crippen LogP contribution < -0.4 is 5.32 Å². The van der Waals surface area contributed by atoms with E-state index in [1.807, 2.05) is 7.05 Å². The molecule has 0 aromatic heterocycles. The number of nitrogens with one attached hydrogen (secondary N) is 1. The van der Waals surface area contributed by atoms with Gasteiger partial charge in [0, 0.05) is 36.7 Å². The van der Waals surface area contributed by atoms with E-state index in [2.05, 4.69) is 59.2 Å². The molecule has 0 spiro atoms. The van der Waals surface area contributed by atoms with Crippen LogP contribution in [0.1, 0.15) is 18.5 Å². The van der Waals surface area contributed by atoms with E-state index in [4.69, 9.17) is 0 Å². The van der Waals surface area contributed by atoms with Gasteiger partial charge in [-0.15, -0.1) is 0 Å². The third-order valence-electron chi connectivity index (χ3n) is 3.30. The lowest BCUT2D eigenvalue weighted by Crippen LogP contribution is -2.42. The summed E-state index contributed by atoms with van der Waals surface area (Å²) >= 11 is 2.09. The van der Waals surface area contributed by atoms with Gasteiger partial charge in [0.1, 0.15) is 0 Å². The topological polar surface area (TPSA) is 15.3 Å². The molecule has 1 aliphatic heterocycles. The smallest absolute Gasteiger partial charge is 0.0473 e. The van der Waals surface area contributed by atoms with Gasteiger partial charge < -0.3 is 5.32 Å². The van der Waals surface area contributed by atoms with Crippen molar-refractivity contribution in [3.8, 4) is 0 Å². The number of hydrogen-bond acceptors (Lipinski definition) is 3. The highest BCUT2D eigenvalue weighted by molar-refractivity contribution is 7.99. The summed E-state index contributed by atoms with van der Waals surface area (Å²) in [7, 11) is 2.04. The van der Waals surface area contributed by atoms with E-state index in [1.54, 1.807) is 0 Å². The van der Waals surface area contributed by atoms with E-state index in [9.17, 15) is 0 Å². The number of likely N-dealkylation sites (N-methyl/N-ethyl adjacent to an activating group) is 1. The van der Waals surface area contributed by atoms with Gasteiger partial charge in [-0.3, -0.25) is 4.90 Å². The first-order valence-electron chi connectivity index (χ1n) is 6.36. The Morgan fingerprint density at radius 3 is 2.82 bits per heavy atom. The van der Waals surface area contributed by atoms with E-state index in [0.29, 0.717) is 6.04 Å². The van der Waals surface area contributed by atoms with Crippen LogP contribution in [0.5, 0.6) is 0 Å². The Balaban J connectivity index is 2.11. The molecule has 1 heterocycles. The van der Waals surface area contributed by atoms with E-state index in [1.165, 1.54) is 24.4 Å². The van der Waals surface area contributed by atoms with Crippen molar-refractivity contribution in [2.24, 2.45) is 0 Å². The largest absolute Gasteiger partial charge is 0.318 e. The van der Waals surface area contributed by atoms with Crippen LogP contribution in [0.4, 0.5) is 0 Å². The lowest BCUT2D eigenvalue weighted by Gasteiger charge is -2.37. The minimum atomic E-state index is 0.518. The summed E-state index contributed by atoms with van der Waals surface area (Å²) in [4.78, 5) is 2.62. The highest BCUT2D eigenvalue weighted by Gasteiger charge is 2.24. The van der Waals surface area contributed by atoms with Crippen molar-refractivity contribution in [1.82, 2.24) is 10.2 Å². The summed E-state index contributed by atoms with van der Waals surface area (Å²) < 4.78 is 0. The molecule has 2 nitrogen and oxygen atoms in total. The Labute approximate surface area is 109 Å². The highest BCUT2D eigenvalue weighted by atomic mass is 32.2. The zero-order valence-corrected chi connectivity index (χ0v) is 11.5. The van der Waals surface area contributed by atoms with Gasteiger partial charge in [0.15, 0.2) is 0 Å². The third kappa shape index (κ3) is 3.47. The summed E-state index contributed by atoms with van der Waals surface area (Å²) in [5.74, 6) is 1.26. The Morgan fingerprint density at radius 2 is 2.18 bits per heavy atom. The fraction of sp³-hybridized carbons (Fsp3) is 0.571. The zero-order chi connectivity index (χ0) is 12.1. The number of hydrogen-bond donors (Lipinski definition) is 1. The fourth-order valence-corrected chi connectivity index (χ4v) is 3.49. The van der Waals surface area contributed by atoms with Gasteiger partial charge in [-0.2, -0.15) is 11.8 Å². The molecule has 0 amide bonds. The monoisotopic (exact) mass is 250 g/mol. The van der Waals surface area contributed by atoms with E-state index in [-0.39, 0.29) is 0 Å². The fourth-order valence-electron chi connectivity index (χ4n) is 2.45. The number of benzene rings is 1. The lowest BCUT2D eigenvalue weighted by atomic mass is 10.0. The zero-order valence-electron chi connectivity index (χ0n) is 10.7. The van der Waals surface area contributed by atoms with Gasteiger partial charge in [-0.25, -0.2) is 0 Å². The average molecular weight is 250 g/mol. The average Bonchev–Trinajstić information content (AvgIpc) is 2.37. The van der Waals surface area contributed by atoms with Crippen molar-refractivity contribution in [3.05, 3.63) is 35.9 Å². The molecule has 1 saturated heterocycles. The van der Waals surface area contributed by atoms with Crippen LogP contribution in [0.15, 0.2) is 30.3 Å². The molecule has 0 radical (unpaired) electrons. The van der Waals surface area contributed by atoms with Gasteiger partial charge in [0.05, 0.1) is 0 Å². The van der Waals surface area contributed by atoms with Crippen molar-refractivity contribution < 1.29 is 0 Å². The molecular formula is C14H22N2S. The molecule has 1 aromatic rings. The maximum Gasteiger partial charge on any atom is 0.0473 e. The van der Waals surface area contributed by atoms with Crippen LogP contribution in [0.25, 0.3) is 0 Å². The Bertz CT molecular complexity index is 328. The predicted molar refractivity (Wildman–Crippen MR) is 76.6 cm³/mol. The molecule has 3 heteroatoms. The van der Waals surface area contributed by atoms with Crippen molar-refractivity contribution in [2.75, 3.05) is 32.4 Å². The molecule has 17 heavy (non-hydrogen) atoms. The van der Waals surface area contributed by atoms with E-state index in [0.717, 1.165) is 11.8 Å². The number of nitrogens with zero attached hydrogens (tertiary/aromatic N) is 1. The first-order valence-corrected chi connectivity index (χ1v) is 7.41. The van der Waals surface area contributed by atoms with E-state index >= 15 is 0 Å². The van der Waals surface area contributed by atoms with Crippen LogP contribution in [0.2, 0.25) is 0 Å². The molecular weight excluding hydrogens is 228 g/mol. The summed E-state index contributed by atoms with van der Waals surface area (Å²) in [6.45, 7) is 5.77. The molecule has 94 valence electrons. The van der Waals surface area contributed by atoms with Crippen molar-refractivity contribution in [1.29, 1.82) is 0 Å². The molecule has 1 fully saturated rings. The first kappa shape index (κ1) is 12.9. The molecule has 1 N–H and O–H groups in total. The predicted octanol–water partition coefficient (Wildman–Crippen LogP) is 2.38. The molecule has 0 saturated carbocycles. The summed E-state index contributed by atoms with van der Waals surface area (Å²) in [5.41, 5.74) is 1.43. The third-order valence-corrected chi connectivity index (χ3v) is 4.43. The number of thioether (sulfide) groups is 1. The van der Waals surface area contributed by atoms with E-state index < -0.39 is 0 Å². The van der Waals surface area contributed by atoms with Crippen LogP contribution >= 0.6 is 11.8 Å². The van der Waals surface area contributed by atoms with Crippen molar-refractivity contribution in [2.45, 2.75) is 18.2 Å². The second-order valence-corrected chi connectivity index (χ2v) is 6.21. The summed E-state index contributed by atoms with van der Waals surface area (Å²) in [5, 5.41) is 4.09. The minimum absolute atomic E-state index is 0.518. The Kier molecular flexibility index (Phi) is 4.89. The minimum Gasteiger partial charge on any atom is -0.318 e. The summed E-state index contributed by atoms with van der Waals surface area (Å²) in [6, 6.07) is 11.4. The maximum atomic E-state index is 3.33. The standard InChI is InChI=1S/C14H22N2S/c1-12-11-16(8-9-17-12)14(10-15-2)13-6-4-3-5-7-13/h3-7,12,14-15H,8-11H2,1-2H3. The van der Waals surface area contributed by atoms with Crippen LogP contribution in [0.3, 0.4) is 0 Å². The molecule has 1 aliphatic rings. The molecule has 0 aliphatic carbocycles. The van der Waals surface area contributed by atoms with Gasteiger partial charge >= 0.3 is 0 Å². The number of rotatable bonds is 4. The first-order chi connectivity index (χ1) is 8.31. The quantitative estimate of drug-likeness (QED) is 0.883. The highest BCUT2D eigenvalue weighted by Crippen LogP contribution is 2.26. The molecule has 0 bridgehead atoms. The van der Waals surface area contributed by atoms with Gasteiger partial charge in [-0.1, -0.05) is 37.3 Å². The molecule has 2 atom stereocenters. The molecule has 2 rings (SSSR count). The van der Waals surface area contributed by atoms with Crippen LogP contribution in [-0.4, -0.2) is 42.6 Å². The van der Waals surface area contributed by atoms with Crippen LogP contribution in [0, 0.1) is 0 Å². The summed E-state index contributed by atoms with van der Waals surface area (Å²) in [6.07, 6.45) is 0. The molecule has 2 unspecified atom stereocenters. The second kappa shape index (κ2) is 6.43.